The maximum absolute atomic E-state index is 13.9. The number of hydrogen-bond donors (Lipinski definition) is 2. The molecule has 4 heterocycles. The normalized spacial score (nSPS) is 12.3. The number of hydrogen-bond acceptors (Lipinski definition) is 8. The minimum Gasteiger partial charge on any atom is -0.494 e. The molecule has 32 heavy (non-hydrogen) atoms. The van der Waals surface area contributed by atoms with Gasteiger partial charge in [-0.2, -0.15) is 0 Å². The largest absolute Gasteiger partial charge is 0.494 e. The first-order chi connectivity index (χ1) is 15.4. The van der Waals surface area contributed by atoms with Crippen LogP contribution in [-0.2, 0) is 7.05 Å². The van der Waals surface area contributed by atoms with Crippen LogP contribution in [0.25, 0.3) is 22.3 Å². The van der Waals surface area contributed by atoms with Crippen molar-refractivity contribution < 1.29 is 18.3 Å². The van der Waals surface area contributed by atoms with Gasteiger partial charge in [-0.3, -0.25) is 14.8 Å². The van der Waals surface area contributed by atoms with Gasteiger partial charge < -0.3 is 14.5 Å². The molecule has 0 aliphatic rings. The first-order valence-electron chi connectivity index (χ1n) is 9.43. The molecule has 0 spiro atoms. The lowest BCUT2D eigenvalue weighted by Gasteiger charge is -2.17. The summed E-state index contributed by atoms with van der Waals surface area (Å²) in [5.41, 5.74) is -1.03. The predicted molar refractivity (Wildman–Crippen MR) is 108 cm³/mol. The van der Waals surface area contributed by atoms with Gasteiger partial charge in [0.15, 0.2) is 5.65 Å². The second-order valence-corrected chi connectivity index (χ2v) is 6.60. The number of nitrogens with zero attached hydrogens (tertiary/aromatic N) is 5. The van der Waals surface area contributed by atoms with Crippen molar-refractivity contribution in [3.63, 3.8) is 0 Å². The fraction of sp³-hybridized carbons (Fsp3) is 0.263. The molecule has 0 saturated carbocycles. The van der Waals surface area contributed by atoms with E-state index in [1.807, 2.05) is 0 Å². The van der Waals surface area contributed by atoms with Crippen molar-refractivity contribution in [1.82, 2.24) is 34.9 Å². The van der Waals surface area contributed by atoms with Crippen molar-refractivity contribution in [3.8, 4) is 22.9 Å². The molecule has 4 rings (SSSR count). The Balaban J connectivity index is 1.76. The van der Waals surface area contributed by atoms with Crippen LogP contribution in [0.15, 0.2) is 40.2 Å². The summed E-state index contributed by atoms with van der Waals surface area (Å²) in [6, 6.07) is 4.34. The zero-order chi connectivity index (χ0) is 22.8. The molecule has 4 aromatic rings. The van der Waals surface area contributed by atoms with E-state index in [1.54, 1.807) is 20.0 Å². The number of rotatable bonds is 7. The molecule has 1 atom stereocenters. The molecule has 0 amide bonds. The molecule has 11 nitrogen and oxygen atoms in total. The van der Waals surface area contributed by atoms with Crippen LogP contribution in [0.2, 0.25) is 0 Å². The molecule has 0 aliphatic heterocycles. The fourth-order valence-corrected chi connectivity index (χ4v) is 3.04. The smallest absolute Gasteiger partial charge is 0.325 e. The average molecular weight is 445 g/mol. The number of alkyl halides is 2. The standard InChI is InChI=1S/C19H17F2N7O4/c1-3-31-9-4-5-22-13(6-9)14(15(20)21)32-18-10-7-12(25-26-16(10)28(2)27-18)11-8-23-19(30)24-17(11)29/h4-8,14-15H,3H2,1-2H3,(H2,23,24,29,30)/t14-/m1/s1. The second-order valence-electron chi connectivity index (χ2n) is 6.60. The van der Waals surface area contributed by atoms with E-state index >= 15 is 0 Å². The molecular weight excluding hydrogens is 428 g/mol. The Bertz CT molecular complexity index is 1380. The molecule has 166 valence electrons. The first-order valence-corrected chi connectivity index (χ1v) is 9.43. The Kier molecular flexibility index (Phi) is 5.62. The van der Waals surface area contributed by atoms with E-state index in [2.05, 4.69) is 30.2 Å². The van der Waals surface area contributed by atoms with Gasteiger partial charge in [-0.15, -0.1) is 15.3 Å². The van der Waals surface area contributed by atoms with E-state index in [9.17, 15) is 18.4 Å². The van der Waals surface area contributed by atoms with Crippen molar-refractivity contribution in [2.24, 2.45) is 7.05 Å². The average Bonchev–Trinajstić information content (AvgIpc) is 3.07. The minimum absolute atomic E-state index is 0.0327. The summed E-state index contributed by atoms with van der Waals surface area (Å²) in [6.07, 6.45) is -2.13. The zero-order valence-electron chi connectivity index (χ0n) is 16.9. The summed E-state index contributed by atoms with van der Waals surface area (Å²) in [7, 11) is 1.54. The Labute approximate surface area is 178 Å². The number of aryl methyl sites for hydroxylation is 1. The molecule has 0 aliphatic carbocycles. The fourth-order valence-electron chi connectivity index (χ4n) is 3.04. The predicted octanol–water partition coefficient (Wildman–Crippen LogP) is 1.59. The second kappa shape index (κ2) is 8.53. The van der Waals surface area contributed by atoms with Crippen molar-refractivity contribution in [2.75, 3.05) is 6.61 Å². The SMILES string of the molecule is CCOc1ccnc([C@@H](Oc2nn(C)c3nnc(-c4c[nH]c(=O)[nH]c4=O)cc23)C(F)F)c1. The third kappa shape index (κ3) is 4.04. The Morgan fingerprint density at radius 1 is 1.22 bits per heavy atom. The highest BCUT2D eigenvalue weighted by Gasteiger charge is 2.29. The minimum atomic E-state index is -2.92. The van der Waals surface area contributed by atoms with Crippen LogP contribution in [0, 0.1) is 0 Å². The molecule has 0 bridgehead atoms. The van der Waals surface area contributed by atoms with E-state index in [0.717, 1.165) is 0 Å². The van der Waals surface area contributed by atoms with Gasteiger partial charge >= 0.3 is 5.69 Å². The summed E-state index contributed by atoms with van der Waals surface area (Å²) in [4.78, 5) is 31.8. The Morgan fingerprint density at radius 3 is 2.75 bits per heavy atom. The molecule has 0 aromatic carbocycles. The van der Waals surface area contributed by atoms with Gasteiger partial charge in [0.05, 0.1) is 23.3 Å². The molecule has 0 saturated heterocycles. The van der Waals surface area contributed by atoms with Crippen LogP contribution in [-0.4, -0.2) is 48.0 Å². The first kappa shape index (κ1) is 21.1. The summed E-state index contributed by atoms with van der Waals surface area (Å²) in [5.74, 6) is 0.233. The number of fused-ring (bicyclic) bond motifs is 1. The van der Waals surface area contributed by atoms with E-state index in [-0.39, 0.29) is 33.9 Å². The van der Waals surface area contributed by atoms with E-state index in [0.29, 0.717) is 12.4 Å². The summed E-state index contributed by atoms with van der Waals surface area (Å²) >= 11 is 0. The number of nitrogens with one attached hydrogen (secondary N) is 2. The van der Waals surface area contributed by atoms with Gasteiger partial charge in [0.2, 0.25) is 12.0 Å². The molecular formula is C19H17F2N7O4. The van der Waals surface area contributed by atoms with E-state index in [4.69, 9.17) is 9.47 Å². The van der Waals surface area contributed by atoms with Gasteiger partial charge in [0.25, 0.3) is 12.0 Å². The van der Waals surface area contributed by atoms with Gasteiger partial charge in [0.1, 0.15) is 11.4 Å². The van der Waals surface area contributed by atoms with Crippen LogP contribution in [0.3, 0.4) is 0 Å². The van der Waals surface area contributed by atoms with Crippen molar-refractivity contribution in [2.45, 2.75) is 19.5 Å². The van der Waals surface area contributed by atoms with Gasteiger partial charge in [-0.25, -0.2) is 18.3 Å². The number of ether oxygens (including phenoxy) is 2. The number of aromatic amines is 2. The van der Waals surface area contributed by atoms with Crippen molar-refractivity contribution in [3.05, 3.63) is 57.1 Å². The zero-order valence-corrected chi connectivity index (χ0v) is 16.9. The summed E-state index contributed by atoms with van der Waals surface area (Å²) in [5, 5.41) is 12.3. The summed E-state index contributed by atoms with van der Waals surface area (Å²) in [6.45, 7) is 2.13. The Hall–Kier alpha value is -4.16. The van der Waals surface area contributed by atoms with E-state index < -0.39 is 23.8 Å². The highest BCUT2D eigenvalue weighted by Crippen LogP contribution is 2.32. The number of H-pyrrole nitrogens is 2. The lowest BCUT2D eigenvalue weighted by molar-refractivity contribution is 0.00599. The maximum atomic E-state index is 13.9. The van der Waals surface area contributed by atoms with Crippen LogP contribution in [0.5, 0.6) is 11.6 Å². The van der Waals surface area contributed by atoms with Crippen LogP contribution < -0.4 is 20.7 Å². The maximum Gasteiger partial charge on any atom is 0.325 e. The highest BCUT2D eigenvalue weighted by atomic mass is 19.3. The van der Waals surface area contributed by atoms with Crippen LogP contribution in [0.4, 0.5) is 8.78 Å². The summed E-state index contributed by atoms with van der Waals surface area (Å²) < 4.78 is 40.0. The highest BCUT2D eigenvalue weighted by molar-refractivity contribution is 5.84. The number of aromatic nitrogens is 7. The Morgan fingerprint density at radius 2 is 2.03 bits per heavy atom. The molecule has 0 radical (unpaired) electrons. The number of pyridine rings is 1. The van der Waals surface area contributed by atoms with Crippen LogP contribution >= 0.6 is 0 Å². The quantitative estimate of drug-likeness (QED) is 0.437. The molecule has 0 fully saturated rings. The van der Waals surface area contributed by atoms with Gasteiger partial charge in [0, 0.05) is 25.5 Å². The van der Waals surface area contributed by atoms with Gasteiger partial charge in [-0.1, -0.05) is 0 Å². The molecule has 2 N–H and O–H groups in total. The molecule has 4 aromatic heterocycles. The van der Waals surface area contributed by atoms with Crippen molar-refractivity contribution in [1.29, 1.82) is 0 Å². The third-order valence-corrected chi connectivity index (χ3v) is 4.47. The number of halogens is 2. The van der Waals surface area contributed by atoms with Crippen molar-refractivity contribution >= 4 is 11.0 Å². The third-order valence-electron chi connectivity index (χ3n) is 4.47. The van der Waals surface area contributed by atoms with E-state index in [1.165, 1.54) is 29.2 Å². The van der Waals surface area contributed by atoms with Crippen LogP contribution in [0.1, 0.15) is 18.7 Å². The topological polar surface area (TPSA) is 141 Å². The molecule has 0 unspecified atom stereocenters. The lowest BCUT2D eigenvalue weighted by atomic mass is 10.2. The molecule has 13 heteroatoms. The monoisotopic (exact) mass is 445 g/mol. The lowest BCUT2D eigenvalue weighted by Crippen LogP contribution is -2.22. The van der Waals surface area contributed by atoms with Gasteiger partial charge in [-0.05, 0) is 19.1 Å².